The van der Waals surface area contributed by atoms with E-state index in [2.05, 4.69) is 176 Å². The number of fused-ring (bicyclic) bond motifs is 7. The normalized spacial score (nSPS) is 15.3. The fraction of sp³-hybridized carbons (Fsp3) is 0.244. The molecule has 0 spiro atoms. The molecule has 8 rings (SSSR count). The van der Waals surface area contributed by atoms with Crippen molar-refractivity contribution in [3.8, 4) is 22.3 Å². The van der Waals surface area contributed by atoms with E-state index in [9.17, 15) is 0 Å². The number of benzene rings is 6. The van der Waals surface area contributed by atoms with Crippen molar-refractivity contribution in [1.29, 1.82) is 0 Å². The van der Waals surface area contributed by atoms with Gasteiger partial charge in [0.2, 0.25) is 0 Å². The van der Waals surface area contributed by atoms with Gasteiger partial charge in [0.15, 0.2) is 0 Å². The molecule has 1 nitrogen and oxygen atoms in total. The fourth-order valence-corrected chi connectivity index (χ4v) is 8.18. The second-order valence-electron chi connectivity index (χ2n) is 15.6. The Hall–Kier alpha value is -4.62. The fourth-order valence-electron chi connectivity index (χ4n) is 8.18. The predicted molar refractivity (Wildman–Crippen MR) is 197 cm³/mol. The Morgan fingerprint density at radius 3 is 1.65 bits per heavy atom. The van der Waals surface area contributed by atoms with Crippen molar-refractivity contribution in [2.24, 2.45) is 0 Å². The lowest BCUT2D eigenvalue weighted by atomic mass is 9.79. The Balaban J connectivity index is 1.32. The largest absolute Gasteiger partial charge is 0.310 e. The third-order valence-electron chi connectivity index (χ3n) is 10.9. The van der Waals surface area contributed by atoms with Crippen molar-refractivity contribution in [3.05, 3.63) is 149 Å². The summed E-state index contributed by atoms with van der Waals surface area (Å²) in [6.07, 6.45) is 0. The van der Waals surface area contributed by atoms with E-state index < -0.39 is 0 Å². The average Bonchev–Trinajstić information content (AvgIpc) is 3.40. The summed E-state index contributed by atoms with van der Waals surface area (Å²) in [5, 5.41) is 2.57. The zero-order valence-corrected chi connectivity index (χ0v) is 28.4. The molecule has 6 aromatic rings. The molecule has 0 saturated heterocycles. The van der Waals surface area contributed by atoms with E-state index in [1.165, 1.54) is 83.5 Å². The van der Waals surface area contributed by atoms with Crippen LogP contribution in [0.25, 0.3) is 33.0 Å². The maximum Gasteiger partial charge on any atom is 0.0468 e. The highest BCUT2D eigenvalue weighted by Gasteiger charge is 2.38. The lowest BCUT2D eigenvalue weighted by molar-refractivity contribution is 0.584. The van der Waals surface area contributed by atoms with Crippen LogP contribution in [0.15, 0.2) is 115 Å². The van der Waals surface area contributed by atoms with Gasteiger partial charge in [-0.15, -0.1) is 0 Å². The van der Waals surface area contributed by atoms with E-state index in [1.807, 2.05) is 0 Å². The maximum atomic E-state index is 2.47. The molecule has 0 amide bonds. The van der Waals surface area contributed by atoms with Crippen LogP contribution in [0, 0.1) is 6.92 Å². The smallest absolute Gasteiger partial charge is 0.0468 e. The standard InChI is InChI=1S/C45H43N/c1-28-12-11-13-29-24-31(17-21-34(28)29)46(32-18-22-37-35-14-9-10-15-39(35)44(5,6)41(37)26-32)33-19-23-38-36-20-16-30(43(2,3)4)25-40(36)45(7,8)42(38)27-33/h9-27H,1-8H3. The summed E-state index contributed by atoms with van der Waals surface area (Å²) in [6, 6.07) is 43.9. The Labute approximate surface area is 274 Å². The first kappa shape index (κ1) is 28.8. The number of aryl methyl sites for hydroxylation is 1. The third-order valence-corrected chi connectivity index (χ3v) is 10.9. The molecule has 2 aliphatic carbocycles. The molecule has 0 heterocycles. The summed E-state index contributed by atoms with van der Waals surface area (Å²) in [5.74, 6) is 0. The van der Waals surface area contributed by atoms with Crippen molar-refractivity contribution in [1.82, 2.24) is 0 Å². The van der Waals surface area contributed by atoms with Crippen LogP contribution in [-0.2, 0) is 16.2 Å². The topological polar surface area (TPSA) is 3.24 Å². The summed E-state index contributed by atoms with van der Waals surface area (Å²) in [7, 11) is 0. The Bertz CT molecular complexity index is 2200. The number of rotatable bonds is 3. The molecule has 0 aromatic heterocycles. The van der Waals surface area contributed by atoms with Crippen LogP contribution in [0.4, 0.5) is 17.1 Å². The first-order chi connectivity index (χ1) is 21.9. The third kappa shape index (κ3) is 4.14. The number of hydrogen-bond donors (Lipinski definition) is 0. The van der Waals surface area contributed by atoms with Gasteiger partial charge in [-0.05, 0) is 115 Å². The Kier molecular flexibility index (Phi) is 6.07. The lowest BCUT2D eigenvalue weighted by Gasteiger charge is -2.30. The zero-order valence-electron chi connectivity index (χ0n) is 28.4. The van der Waals surface area contributed by atoms with Crippen LogP contribution in [-0.4, -0.2) is 0 Å². The molecule has 6 aromatic carbocycles. The summed E-state index contributed by atoms with van der Waals surface area (Å²) in [6.45, 7) is 18.6. The van der Waals surface area contributed by atoms with E-state index >= 15 is 0 Å². The van der Waals surface area contributed by atoms with Crippen molar-refractivity contribution >= 4 is 27.8 Å². The molecular formula is C45H43N. The molecular weight excluding hydrogens is 555 g/mol. The van der Waals surface area contributed by atoms with Crippen molar-refractivity contribution < 1.29 is 0 Å². The van der Waals surface area contributed by atoms with E-state index in [4.69, 9.17) is 0 Å². The van der Waals surface area contributed by atoms with E-state index in [-0.39, 0.29) is 16.2 Å². The van der Waals surface area contributed by atoms with Gasteiger partial charge >= 0.3 is 0 Å². The molecule has 0 radical (unpaired) electrons. The highest BCUT2D eigenvalue weighted by atomic mass is 15.1. The van der Waals surface area contributed by atoms with Crippen LogP contribution >= 0.6 is 0 Å². The van der Waals surface area contributed by atoms with Gasteiger partial charge in [-0.3, -0.25) is 0 Å². The van der Waals surface area contributed by atoms with E-state index in [1.54, 1.807) is 0 Å². The molecule has 0 atom stereocenters. The van der Waals surface area contributed by atoms with Crippen molar-refractivity contribution in [2.45, 2.75) is 71.6 Å². The van der Waals surface area contributed by atoms with Gasteiger partial charge in [-0.25, -0.2) is 0 Å². The van der Waals surface area contributed by atoms with Gasteiger partial charge in [0.05, 0.1) is 0 Å². The SMILES string of the molecule is Cc1cccc2cc(N(c3ccc4c(c3)C(C)(C)c3ccccc3-4)c3ccc4c(c3)C(C)(C)c3cc(C(C)(C)C)ccc3-4)ccc12. The van der Waals surface area contributed by atoms with Crippen molar-refractivity contribution in [3.63, 3.8) is 0 Å². The van der Waals surface area contributed by atoms with Crippen LogP contribution in [0.5, 0.6) is 0 Å². The van der Waals surface area contributed by atoms with Gasteiger partial charge in [0, 0.05) is 27.9 Å². The molecule has 0 bridgehead atoms. The molecule has 0 N–H and O–H groups in total. The summed E-state index contributed by atoms with van der Waals surface area (Å²) < 4.78 is 0. The Morgan fingerprint density at radius 1 is 0.478 bits per heavy atom. The van der Waals surface area contributed by atoms with Gasteiger partial charge < -0.3 is 4.90 Å². The highest BCUT2D eigenvalue weighted by Crippen LogP contribution is 2.53. The first-order valence-corrected chi connectivity index (χ1v) is 16.7. The van der Waals surface area contributed by atoms with Gasteiger partial charge in [-0.2, -0.15) is 0 Å². The highest BCUT2D eigenvalue weighted by molar-refractivity contribution is 5.93. The molecule has 2 aliphatic rings. The van der Waals surface area contributed by atoms with Crippen LogP contribution < -0.4 is 4.90 Å². The monoisotopic (exact) mass is 597 g/mol. The number of anilines is 3. The quantitative estimate of drug-likeness (QED) is 0.196. The van der Waals surface area contributed by atoms with Crippen LogP contribution in [0.1, 0.15) is 81.8 Å². The molecule has 0 aliphatic heterocycles. The molecule has 0 saturated carbocycles. The Morgan fingerprint density at radius 2 is 1.00 bits per heavy atom. The first-order valence-electron chi connectivity index (χ1n) is 16.7. The minimum Gasteiger partial charge on any atom is -0.310 e. The molecule has 1 heteroatoms. The number of hydrogen-bond acceptors (Lipinski definition) is 1. The summed E-state index contributed by atoms with van der Waals surface area (Å²) in [4.78, 5) is 2.47. The number of nitrogens with zero attached hydrogens (tertiary/aromatic N) is 1. The lowest BCUT2D eigenvalue weighted by Crippen LogP contribution is -2.19. The molecule has 0 fully saturated rings. The summed E-state index contributed by atoms with van der Waals surface area (Å²) >= 11 is 0. The minimum absolute atomic E-state index is 0.0690. The van der Waals surface area contributed by atoms with Gasteiger partial charge in [0.25, 0.3) is 0 Å². The molecule has 0 unspecified atom stereocenters. The van der Waals surface area contributed by atoms with Crippen LogP contribution in [0.2, 0.25) is 0 Å². The second-order valence-corrected chi connectivity index (χ2v) is 15.6. The summed E-state index contributed by atoms with van der Waals surface area (Å²) in [5.41, 5.74) is 17.2. The van der Waals surface area contributed by atoms with E-state index in [0.29, 0.717) is 0 Å². The van der Waals surface area contributed by atoms with Gasteiger partial charge in [0.1, 0.15) is 0 Å². The second kappa shape index (κ2) is 9.69. The maximum absolute atomic E-state index is 2.47. The molecule has 46 heavy (non-hydrogen) atoms. The van der Waals surface area contributed by atoms with E-state index in [0.717, 1.165) is 0 Å². The van der Waals surface area contributed by atoms with Gasteiger partial charge in [-0.1, -0.05) is 127 Å². The minimum atomic E-state index is -0.102. The van der Waals surface area contributed by atoms with Crippen molar-refractivity contribution in [2.75, 3.05) is 4.90 Å². The van der Waals surface area contributed by atoms with Crippen LogP contribution in [0.3, 0.4) is 0 Å². The molecule has 228 valence electrons. The zero-order chi connectivity index (χ0) is 32.2. The predicted octanol–water partition coefficient (Wildman–Crippen LogP) is 12.5. The average molecular weight is 598 g/mol.